The molecule has 0 saturated heterocycles. The normalized spacial score (nSPS) is 19.2. The number of nitro benzene ring substituents is 1. The Morgan fingerprint density at radius 1 is 1.20 bits per heavy atom. The van der Waals surface area contributed by atoms with Crippen molar-refractivity contribution in [1.29, 1.82) is 0 Å². The van der Waals surface area contributed by atoms with Crippen molar-refractivity contribution in [2.24, 2.45) is 5.73 Å². The second-order valence-corrected chi connectivity index (χ2v) is 9.90. The third kappa shape index (κ3) is 4.80. The van der Waals surface area contributed by atoms with Crippen LogP contribution in [0.3, 0.4) is 0 Å². The van der Waals surface area contributed by atoms with Crippen LogP contribution in [-0.2, 0) is 28.5 Å². The maximum absolute atomic E-state index is 13.2. The lowest BCUT2D eigenvalue weighted by molar-refractivity contribution is -0.385. The summed E-state index contributed by atoms with van der Waals surface area (Å²) in [7, 11) is -0.625. The van der Waals surface area contributed by atoms with Crippen molar-refractivity contribution >= 4 is 15.7 Å². The Balaban J connectivity index is 1.87. The number of sulfonamides is 1. The molecule has 1 aliphatic carbocycles. The van der Waals surface area contributed by atoms with Gasteiger partial charge in [0.25, 0.3) is 5.69 Å². The molecular formula is C21H27N3O5S. The van der Waals surface area contributed by atoms with Crippen LogP contribution in [0.2, 0.25) is 0 Å². The van der Waals surface area contributed by atoms with Crippen LogP contribution in [0.1, 0.15) is 36.0 Å². The highest BCUT2D eigenvalue weighted by Crippen LogP contribution is 2.36. The maximum atomic E-state index is 13.2. The first kappa shape index (κ1) is 22.2. The van der Waals surface area contributed by atoms with Gasteiger partial charge in [0.05, 0.1) is 23.3 Å². The van der Waals surface area contributed by atoms with Crippen molar-refractivity contribution in [3.63, 3.8) is 0 Å². The first-order chi connectivity index (χ1) is 14.1. The summed E-state index contributed by atoms with van der Waals surface area (Å²) in [6.07, 6.45) is 2.81. The third-order valence-corrected chi connectivity index (χ3v) is 7.60. The molecule has 0 heterocycles. The van der Waals surface area contributed by atoms with Gasteiger partial charge in [-0.15, -0.1) is 0 Å². The van der Waals surface area contributed by atoms with Gasteiger partial charge in [0.1, 0.15) is 5.75 Å². The molecule has 1 aliphatic rings. The van der Waals surface area contributed by atoms with E-state index in [1.165, 1.54) is 23.5 Å². The van der Waals surface area contributed by atoms with Gasteiger partial charge in [0, 0.05) is 25.7 Å². The highest BCUT2D eigenvalue weighted by Gasteiger charge is 2.38. The number of non-ortho nitro benzene ring substituents is 1. The lowest BCUT2D eigenvalue weighted by atomic mass is 9.87. The first-order valence-electron chi connectivity index (χ1n) is 9.78. The molecule has 0 spiro atoms. The number of fused-ring (bicyclic) bond motifs is 1. The van der Waals surface area contributed by atoms with Crippen LogP contribution < -0.4 is 10.5 Å². The predicted molar refractivity (Wildman–Crippen MR) is 115 cm³/mol. The molecule has 0 saturated carbocycles. The van der Waals surface area contributed by atoms with Crippen molar-refractivity contribution in [2.75, 3.05) is 19.9 Å². The molecule has 0 unspecified atom stereocenters. The summed E-state index contributed by atoms with van der Waals surface area (Å²) in [4.78, 5) is 10.8. The molecule has 3 rings (SSSR count). The molecule has 162 valence electrons. The van der Waals surface area contributed by atoms with Gasteiger partial charge in [-0.2, -0.15) is 0 Å². The standard InChI is InChI=1S/C21H27N3O5S/c1-23(14-16-6-10-19(29-2)11-7-16)30(27,28)15-21(22)12-4-3-5-17-8-9-18(24(25)26)13-20(17)21/h6-11,13H,3-5,12,14-15,22H2,1-2H3/t21-/m0/s1. The zero-order chi connectivity index (χ0) is 21.9. The summed E-state index contributed by atoms with van der Waals surface area (Å²) >= 11 is 0. The number of nitro groups is 1. The number of aryl methyl sites for hydroxylation is 1. The Bertz CT molecular complexity index is 1020. The second kappa shape index (κ2) is 8.71. The van der Waals surface area contributed by atoms with E-state index < -0.39 is 20.5 Å². The van der Waals surface area contributed by atoms with Crippen LogP contribution in [0.15, 0.2) is 42.5 Å². The van der Waals surface area contributed by atoms with Crippen LogP contribution in [0.25, 0.3) is 0 Å². The van der Waals surface area contributed by atoms with Gasteiger partial charge in [0.2, 0.25) is 10.0 Å². The molecule has 0 bridgehead atoms. The minimum Gasteiger partial charge on any atom is -0.497 e. The van der Waals surface area contributed by atoms with E-state index in [9.17, 15) is 18.5 Å². The fourth-order valence-electron chi connectivity index (χ4n) is 3.92. The van der Waals surface area contributed by atoms with Gasteiger partial charge in [-0.1, -0.05) is 24.6 Å². The molecule has 0 aromatic heterocycles. The van der Waals surface area contributed by atoms with E-state index >= 15 is 0 Å². The summed E-state index contributed by atoms with van der Waals surface area (Å²) in [6, 6.07) is 11.8. The van der Waals surface area contributed by atoms with Crippen LogP contribution in [0.4, 0.5) is 5.69 Å². The van der Waals surface area contributed by atoms with Crippen molar-refractivity contribution < 1.29 is 18.1 Å². The zero-order valence-corrected chi connectivity index (χ0v) is 18.0. The van der Waals surface area contributed by atoms with Gasteiger partial charge < -0.3 is 10.5 Å². The zero-order valence-electron chi connectivity index (χ0n) is 17.2. The van der Waals surface area contributed by atoms with E-state index in [0.717, 1.165) is 30.4 Å². The lowest BCUT2D eigenvalue weighted by Gasteiger charge is -2.32. The van der Waals surface area contributed by atoms with Crippen LogP contribution in [0, 0.1) is 10.1 Å². The molecule has 0 fully saturated rings. The highest BCUT2D eigenvalue weighted by molar-refractivity contribution is 7.89. The fraction of sp³-hybridized carbons (Fsp3) is 0.429. The van der Waals surface area contributed by atoms with Crippen LogP contribution in [-0.4, -0.2) is 37.6 Å². The molecule has 8 nitrogen and oxygen atoms in total. The largest absolute Gasteiger partial charge is 0.497 e. The fourth-order valence-corrected chi connectivity index (χ4v) is 5.44. The number of hydrogen-bond donors (Lipinski definition) is 1. The SMILES string of the molecule is COc1ccc(CN(C)S(=O)(=O)C[C@@]2(N)CCCCc3ccc([N+](=O)[O-])cc32)cc1. The number of ether oxygens (including phenoxy) is 1. The number of nitrogens with two attached hydrogens (primary N) is 1. The third-order valence-electron chi connectivity index (χ3n) is 5.64. The molecule has 2 N–H and O–H groups in total. The smallest absolute Gasteiger partial charge is 0.269 e. The Hall–Kier alpha value is -2.49. The Labute approximate surface area is 176 Å². The molecule has 2 aromatic carbocycles. The van der Waals surface area contributed by atoms with Crippen molar-refractivity contribution in [3.8, 4) is 5.75 Å². The molecular weight excluding hydrogens is 406 g/mol. The van der Waals surface area contributed by atoms with Gasteiger partial charge >= 0.3 is 0 Å². The number of rotatable bonds is 7. The highest BCUT2D eigenvalue weighted by atomic mass is 32.2. The molecule has 0 radical (unpaired) electrons. The minimum absolute atomic E-state index is 0.0746. The molecule has 9 heteroatoms. The first-order valence-corrected chi connectivity index (χ1v) is 11.4. The summed E-state index contributed by atoms with van der Waals surface area (Å²) in [5.41, 5.74) is 7.67. The summed E-state index contributed by atoms with van der Waals surface area (Å²) < 4.78 is 32.7. The summed E-state index contributed by atoms with van der Waals surface area (Å²) in [6.45, 7) is 0.199. The Morgan fingerprint density at radius 2 is 1.90 bits per heavy atom. The molecule has 1 atom stereocenters. The number of nitrogens with zero attached hydrogens (tertiary/aromatic N) is 2. The van der Waals surface area contributed by atoms with E-state index in [4.69, 9.17) is 10.5 Å². The molecule has 30 heavy (non-hydrogen) atoms. The lowest BCUT2D eigenvalue weighted by Crippen LogP contribution is -2.47. The van der Waals surface area contributed by atoms with Gasteiger partial charge in [-0.3, -0.25) is 10.1 Å². The average Bonchev–Trinajstić information content (AvgIpc) is 2.86. The van der Waals surface area contributed by atoms with E-state index in [1.807, 2.05) is 12.1 Å². The van der Waals surface area contributed by atoms with Crippen molar-refractivity contribution in [2.45, 2.75) is 37.8 Å². The van der Waals surface area contributed by atoms with Gasteiger partial charge in [-0.25, -0.2) is 12.7 Å². The summed E-state index contributed by atoms with van der Waals surface area (Å²) in [5, 5.41) is 11.3. The number of methoxy groups -OCH3 is 1. The number of hydrogen-bond acceptors (Lipinski definition) is 6. The van der Waals surface area contributed by atoms with Crippen LogP contribution in [0.5, 0.6) is 5.75 Å². The summed E-state index contributed by atoms with van der Waals surface area (Å²) in [5.74, 6) is 0.391. The van der Waals surface area contributed by atoms with E-state index in [-0.39, 0.29) is 18.0 Å². The Morgan fingerprint density at radius 3 is 2.53 bits per heavy atom. The molecule has 2 aromatic rings. The van der Waals surface area contributed by atoms with Crippen molar-refractivity contribution in [1.82, 2.24) is 4.31 Å². The monoisotopic (exact) mass is 433 g/mol. The molecule has 0 amide bonds. The van der Waals surface area contributed by atoms with Crippen molar-refractivity contribution in [3.05, 3.63) is 69.3 Å². The Kier molecular flexibility index (Phi) is 6.44. The molecule has 0 aliphatic heterocycles. The maximum Gasteiger partial charge on any atom is 0.269 e. The van der Waals surface area contributed by atoms with E-state index in [0.29, 0.717) is 17.7 Å². The van der Waals surface area contributed by atoms with Gasteiger partial charge in [-0.05, 0) is 48.1 Å². The number of benzene rings is 2. The quantitative estimate of drug-likeness (QED) is 0.408. The van der Waals surface area contributed by atoms with Gasteiger partial charge in [0.15, 0.2) is 0 Å². The van der Waals surface area contributed by atoms with E-state index in [1.54, 1.807) is 25.3 Å². The second-order valence-electron chi connectivity index (χ2n) is 7.82. The minimum atomic E-state index is -3.72. The topological polar surface area (TPSA) is 116 Å². The van der Waals surface area contributed by atoms with E-state index in [2.05, 4.69) is 0 Å². The predicted octanol–water partition coefficient (Wildman–Crippen LogP) is 2.95. The van der Waals surface area contributed by atoms with Crippen LogP contribution >= 0.6 is 0 Å². The average molecular weight is 434 g/mol.